The maximum Gasteiger partial charge on any atom is 0.229 e. The van der Waals surface area contributed by atoms with E-state index in [-0.39, 0.29) is 11.8 Å². The van der Waals surface area contributed by atoms with Gasteiger partial charge in [0.15, 0.2) is 0 Å². The number of hydrogen-bond donors (Lipinski definition) is 1. The van der Waals surface area contributed by atoms with Gasteiger partial charge in [0, 0.05) is 37.1 Å². The Balaban J connectivity index is 1.51. The number of benzene rings is 1. The highest BCUT2D eigenvalue weighted by Gasteiger charge is 2.27. The van der Waals surface area contributed by atoms with E-state index >= 15 is 0 Å². The maximum absolute atomic E-state index is 12.8. The zero-order valence-corrected chi connectivity index (χ0v) is 13.8. The van der Waals surface area contributed by atoms with Gasteiger partial charge in [-0.25, -0.2) is 9.97 Å². The van der Waals surface area contributed by atoms with Crippen LogP contribution in [0.3, 0.4) is 0 Å². The van der Waals surface area contributed by atoms with Crippen LogP contribution in [-0.4, -0.2) is 33.9 Å². The van der Waals surface area contributed by atoms with Gasteiger partial charge < -0.3 is 10.2 Å². The zero-order valence-electron chi connectivity index (χ0n) is 13.8. The highest BCUT2D eigenvalue weighted by molar-refractivity contribution is 6.01. The number of nitrogens with one attached hydrogen (secondary N) is 1. The SMILES string of the molecule is O=C(Nc1cccc2ncccc12)[C@H]1CCCN(c2ncccn2)C1. The van der Waals surface area contributed by atoms with E-state index in [9.17, 15) is 4.79 Å². The molecule has 1 fully saturated rings. The smallest absolute Gasteiger partial charge is 0.229 e. The van der Waals surface area contributed by atoms with Gasteiger partial charge in [-0.15, -0.1) is 0 Å². The van der Waals surface area contributed by atoms with Gasteiger partial charge in [-0.05, 0) is 43.2 Å². The molecule has 0 radical (unpaired) electrons. The first-order valence-electron chi connectivity index (χ1n) is 8.48. The number of carbonyl (C=O) groups excluding carboxylic acids is 1. The van der Waals surface area contributed by atoms with Crippen LogP contribution in [0.5, 0.6) is 0 Å². The van der Waals surface area contributed by atoms with Crippen molar-refractivity contribution in [1.29, 1.82) is 0 Å². The lowest BCUT2D eigenvalue weighted by Crippen LogP contribution is -2.41. The maximum atomic E-state index is 12.8. The van der Waals surface area contributed by atoms with E-state index in [1.165, 1.54) is 0 Å². The molecule has 0 bridgehead atoms. The molecule has 3 aromatic rings. The summed E-state index contributed by atoms with van der Waals surface area (Å²) >= 11 is 0. The summed E-state index contributed by atoms with van der Waals surface area (Å²) in [6.07, 6.45) is 7.04. The normalized spacial score (nSPS) is 17.4. The molecule has 1 aromatic carbocycles. The van der Waals surface area contributed by atoms with Gasteiger partial charge in [0.25, 0.3) is 0 Å². The molecule has 1 aliphatic rings. The molecule has 0 unspecified atom stereocenters. The van der Waals surface area contributed by atoms with Crippen molar-refractivity contribution >= 4 is 28.4 Å². The number of piperidine rings is 1. The summed E-state index contributed by atoms with van der Waals surface area (Å²) in [4.78, 5) is 27.8. The Kier molecular flexibility index (Phi) is 4.24. The fourth-order valence-electron chi connectivity index (χ4n) is 3.27. The molecule has 3 heterocycles. The first-order chi connectivity index (χ1) is 12.3. The molecular formula is C19H19N5O. The van der Waals surface area contributed by atoms with E-state index in [2.05, 4.69) is 25.2 Å². The van der Waals surface area contributed by atoms with E-state index < -0.39 is 0 Å². The Morgan fingerprint density at radius 3 is 2.76 bits per heavy atom. The van der Waals surface area contributed by atoms with Crippen molar-refractivity contribution in [2.75, 3.05) is 23.3 Å². The third-order valence-electron chi connectivity index (χ3n) is 4.53. The highest BCUT2D eigenvalue weighted by Crippen LogP contribution is 2.25. The Morgan fingerprint density at radius 2 is 1.88 bits per heavy atom. The molecule has 0 aliphatic carbocycles. The summed E-state index contributed by atoms with van der Waals surface area (Å²) < 4.78 is 0. The minimum atomic E-state index is -0.0792. The van der Waals surface area contributed by atoms with Gasteiger partial charge >= 0.3 is 0 Å². The molecule has 1 atom stereocenters. The molecule has 1 saturated heterocycles. The molecule has 6 heteroatoms. The van der Waals surface area contributed by atoms with E-state index in [1.807, 2.05) is 30.3 Å². The van der Waals surface area contributed by atoms with Crippen LogP contribution >= 0.6 is 0 Å². The van der Waals surface area contributed by atoms with Gasteiger partial charge in [0.1, 0.15) is 0 Å². The fourth-order valence-corrected chi connectivity index (χ4v) is 3.27. The molecule has 25 heavy (non-hydrogen) atoms. The summed E-state index contributed by atoms with van der Waals surface area (Å²) in [6, 6.07) is 11.4. The Labute approximate surface area is 145 Å². The molecule has 0 saturated carbocycles. The van der Waals surface area contributed by atoms with E-state index in [0.717, 1.165) is 36.0 Å². The lowest BCUT2D eigenvalue weighted by molar-refractivity contribution is -0.120. The van der Waals surface area contributed by atoms with Crippen LogP contribution in [0, 0.1) is 5.92 Å². The zero-order chi connectivity index (χ0) is 17.1. The predicted octanol–water partition coefficient (Wildman–Crippen LogP) is 2.88. The molecular weight excluding hydrogens is 314 g/mol. The Morgan fingerprint density at radius 1 is 1.04 bits per heavy atom. The second-order valence-corrected chi connectivity index (χ2v) is 6.20. The lowest BCUT2D eigenvalue weighted by Gasteiger charge is -2.32. The van der Waals surface area contributed by atoms with Crippen molar-refractivity contribution in [3.63, 3.8) is 0 Å². The predicted molar refractivity (Wildman–Crippen MR) is 97.3 cm³/mol. The summed E-state index contributed by atoms with van der Waals surface area (Å²) in [5.74, 6) is 0.649. The van der Waals surface area contributed by atoms with Crippen molar-refractivity contribution < 1.29 is 4.79 Å². The first-order valence-corrected chi connectivity index (χ1v) is 8.48. The Bertz CT molecular complexity index is 878. The third kappa shape index (κ3) is 3.28. The number of anilines is 2. The number of carbonyl (C=O) groups is 1. The number of rotatable bonds is 3. The molecule has 1 aliphatic heterocycles. The molecule has 1 amide bonds. The molecule has 2 aromatic heterocycles. The minimum Gasteiger partial charge on any atom is -0.340 e. The average Bonchev–Trinajstić information content (AvgIpc) is 2.69. The quantitative estimate of drug-likeness (QED) is 0.798. The molecule has 126 valence electrons. The van der Waals surface area contributed by atoms with Crippen LogP contribution in [0.25, 0.3) is 10.9 Å². The topological polar surface area (TPSA) is 71.0 Å². The lowest BCUT2D eigenvalue weighted by atomic mass is 9.97. The minimum absolute atomic E-state index is 0.0389. The Hall–Kier alpha value is -3.02. The van der Waals surface area contributed by atoms with E-state index in [0.29, 0.717) is 12.5 Å². The van der Waals surface area contributed by atoms with Gasteiger partial charge in [-0.2, -0.15) is 0 Å². The molecule has 0 spiro atoms. The average molecular weight is 333 g/mol. The molecule has 1 N–H and O–H groups in total. The van der Waals surface area contributed by atoms with Crippen molar-refractivity contribution in [3.05, 3.63) is 55.0 Å². The van der Waals surface area contributed by atoms with E-state index in [4.69, 9.17) is 0 Å². The van der Waals surface area contributed by atoms with Gasteiger partial charge in [-0.3, -0.25) is 9.78 Å². The van der Waals surface area contributed by atoms with Crippen LogP contribution < -0.4 is 10.2 Å². The van der Waals surface area contributed by atoms with Crippen molar-refractivity contribution in [2.24, 2.45) is 5.92 Å². The molecule has 6 nitrogen and oxygen atoms in total. The van der Waals surface area contributed by atoms with Crippen LogP contribution in [-0.2, 0) is 4.79 Å². The van der Waals surface area contributed by atoms with Crippen LogP contribution in [0.15, 0.2) is 55.0 Å². The largest absolute Gasteiger partial charge is 0.340 e. The van der Waals surface area contributed by atoms with Crippen LogP contribution in [0.1, 0.15) is 12.8 Å². The summed E-state index contributed by atoms with van der Waals surface area (Å²) in [7, 11) is 0. The van der Waals surface area contributed by atoms with Crippen LogP contribution in [0.4, 0.5) is 11.6 Å². The standard InChI is InChI=1S/C19H19N5O/c25-18(23-17-8-1-7-16-15(17)6-2-9-20-16)14-5-3-12-24(13-14)19-21-10-4-11-22-19/h1-2,4,6-11,14H,3,5,12-13H2,(H,23,25)/t14-/m0/s1. The first kappa shape index (κ1) is 15.5. The number of fused-ring (bicyclic) bond motifs is 1. The van der Waals surface area contributed by atoms with E-state index in [1.54, 1.807) is 24.7 Å². The van der Waals surface area contributed by atoms with Gasteiger partial charge in [-0.1, -0.05) is 6.07 Å². The summed E-state index contributed by atoms with van der Waals surface area (Å²) in [5.41, 5.74) is 1.69. The summed E-state index contributed by atoms with van der Waals surface area (Å²) in [6.45, 7) is 1.52. The summed E-state index contributed by atoms with van der Waals surface area (Å²) in [5, 5.41) is 4.04. The molecule has 4 rings (SSSR count). The van der Waals surface area contributed by atoms with Gasteiger partial charge in [0.05, 0.1) is 17.1 Å². The number of pyridine rings is 1. The number of nitrogens with zero attached hydrogens (tertiary/aromatic N) is 4. The second kappa shape index (κ2) is 6.84. The highest BCUT2D eigenvalue weighted by atomic mass is 16.1. The fraction of sp³-hybridized carbons (Fsp3) is 0.263. The van der Waals surface area contributed by atoms with Crippen molar-refractivity contribution in [1.82, 2.24) is 15.0 Å². The van der Waals surface area contributed by atoms with Crippen LogP contribution in [0.2, 0.25) is 0 Å². The number of aromatic nitrogens is 3. The van der Waals surface area contributed by atoms with Crippen molar-refractivity contribution in [3.8, 4) is 0 Å². The van der Waals surface area contributed by atoms with Crippen molar-refractivity contribution in [2.45, 2.75) is 12.8 Å². The van der Waals surface area contributed by atoms with Gasteiger partial charge in [0.2, 0.25) is 11.9 Å². The monoisotopic (exact) mass is 333 g/mol. The number of amides is 1. The number of hydrogen-bond acceptors (Lipinski definition) is 5. The third-order valence-corrected chi connectivity index (χ3v) is 4.53. The second-order valence-electron chi connectivity index (χ2n) is 6.20.